The van der Waals surface area contributed by atoms with E-state index in [1.807, 2.05) is 0 Å². The van der Waals surface area contributed by atoms with Crippen LogP contribution in [0.25, 0.3) is 64.6 Å². The monoisotopic (exact) mass is 526 g/mol. The zero-order valence-corrected chi connectivity index (χ0v) is 22.7. The average molecular weight is 527 g/mol. The third-order valence-electron chi connectivity index (χ3n) is 8.63. The highest BCUT2D eigenvalue weighted by atomic mass is 14.1. The van der Waals surface area contributed by atoms with Crippen LogP contribution in [-0.4, -0.2) is 0 Å². The minimum atomic E-state index is 0.981. The van der Waals surface area contributed by atoms with Crippen molar-refractivity contribution in [2.24, 2.45) is 0 Å². The van der Waals surface area contributed by atoms with Crippen molar-refractivity contribution >= 4 is 64.6 Å². The molecule has 0 atom stereocenters. The van der Waals surface area contributed by atoms with Crippen molar-refractivity contribution in [3.05, 3.63) is 156 Å². The molecule has 0 saturated heterocycles. The van der Waals surface area contributed by atoms with Gasteiger partial charge in [-0.3, -0.25) is 0 Å². The lowest BCUT2D eigenvalue weighted by molar-refractivity contribution is 1.60. The molecule has 9 aromatic carbocycles. The molecule has 0 saturated carbocycles. The molecule has 0 aliphatic carbocycles. The predicted octanol–water partition coefficient (Wildman–Crippen LogP) is 10.3. The molecule has 0 N–H and O–H groups in total. The predicted molar refractivity (Wildman–Crippen MR) is 179 cm³/mol. The van der Waals surface area contributed by atoms with Crippen LogP contribution in [0.3, 0.4) is 0 Å². The molecule has 0 aromatic heterocycles. The number of hydrogen-bond acceptors (Lipinski definition) is 0. The third-order valence-corrected chi connectivity index (χ3v) is 8.63. The van der Waals surface area contributed by atoms with Crippen molar-refractivity contribution in [2.45, 2.75) is 0 Å². The SMILES string of the molecule is C(#Cc1ccc2ccc3cccc4ccc1c2c34)c1ccc(C#Cc2ccc3ccc4cccc5ccc2c3c45)cc1. The summed E-state index contributed by atoms with van der Waals surface area (Å²) in [5, 5.41) is 15.3. The normalized spacial score (nSPS) is 11.4. The summed E-state index contributed by atoms with van der Waals surface area (Å²) in [4.78, 5) is 0. The maximum absolute atomic E-state index is 3.45. The van der Waals surface area contributed by atoms with Crippen LogP contribution in [0.5, 0.6) is 0 Å². The maximum atomic E-state index is 3.45. The van der Waals surface area contributed by atoms with Gasteiger partial charge < -0.3 is 0 Å². The first-order valence-corrected chi connectivity index (χ1v) is 14.3. The second kappa shape index (κ2) is 8.84. The van der Waals surface area contributed by atoms with Crippen molar-refractivity contribution in [3.63, 3.8) is 0 Å². The minimum absolute atomic E-state index is 0.981. The molecule has 0 bridgehead atoms. The van der Waals surface area contributed by atoms with Crippen molar-refractivity contribution in [1.29, 1.82) is 0 Å². The van der Waals surface area contributed by atoms with E-state index in [0.717, 1.165) is 22.3 Å². The molecule has 190 valence electrons. The molecule has 0 nitrogen and oxygen atoms in total. The second-order valence-corrected chi connectivity index (χ2v) is 11.0. The van der Waals surface area contributed by atoms with E-state index in [1.54, 1.807) is 0 Å². The lowest BCUT2D eigenvalue weighted by atomic mass is 9.92. The summed E-state index contributed by atoms with van der Waals surface area (Å²) in [6, 6.07) is 47.6. The van der Waals surface area contributed by atoms with Crippen LogP contribution < -0.4 is 0 Å². The van der Waals surface area contributed by atoms with Gasteiger partial charge >= 0.3 is 0 Å². The van der Waals surface area contributed by atoms with Gasteiger partial charge in [-0.15, -0.1) is 0 Å². The van der Waals surface area contributed by atoms with Crippen LogP contribution in [0, 0.1) is 23.7 Å². The highest BCUT2D eigenvalue weighted by molar-refractivity contribution is 6.25. The Labute approximate surface area is 243 Å². The van der Waals surface area contributed by atoms with Crippen LogP contribution in [0.4, 0.5) is 0 Å². The minimum Gasteiger partial charge on any atom is -0.0616 e. The number of hydrogen-bond donors (Lipinski definition) is 0. The molecule has 0 fully saturated rings. The summed E-state index contributed by atoms with van der Waals surface area (Å²) in [5.74, 6) is 13.7. The standard InChI is InChI=1S/C42H22/c1-3-31-19-21-35-17-15-29(37-25-23-33(5-1)39(31)41(35)37)13-11-27-7-9-28(10-8-27)12-14-30-16-18-36-22-20-32-4-2-6-34-24-26-38(30)42(36)40(32)34/h1-10,15-26H. The van der Waals surface area contributed by atoms with Crippen molar-refractivity contribution in [1.82, 2.24) is 0 Å². The van der Waals surface area contributed by atoms with Crippen LogP contribution >= 0.6 is 0 Å². The summed E-state index contributed by atoms with van der Waals surface area (Å²) < 4.78 is 0. The first-order valence-electron chi connectivity index (χ1n) is 14.3. The average Bonchev–Trinajstić information content (AvgIpc) is 3.05. The molecule has 0 amide bonds. The Kier molecular flexibility index (Phi) is 4.83. The van der Waals surface area contributed by atoms with Gasteiger partial charge in [-0.05, 0) is 101 Å². The van der Waals surface area contributed by atoms with Crippen LogP contribution in [0.1, 0.15) is 22.3 Å². The lowest BCUT2D eigenvalue weighted by Crippen LogP contribution is -1.87. The van der Waals surface area contributed by atoms with Gasteiger partial charge in [0.2, 0.25) is 0 Å². The van der Waals surface area contributed by atoms with Crippen molar-refractivity contribution in [3.8, 4) is 23.7 Å². The van der Waals surface area contributed by atoms with Gasteiger partial charge in [0, 0.05) is 22.3 Å². The molecule has 9 aromatic rings. The highest BCUT2D eigenvalue weighted by Gasteiger charge is 2.11. The Bertz CT molecular complexity index is 2400. The molecular weight excluding hydrogens is 504 g/mol. The molecule has 0 spiro atoms. The molecule has 0 aliphatic heterocycles. The van der Waals surface area contributed by atoms with E-state index in [0.29, 0.717) is 0 Å². The summed E-state index contributed by atoms with van der Waals surface area (Å²) in [7, 11) is 0. The molecule has 0 heterocycles. The van der Waals surface area contributed by atoms with Crippen LogP contribution in [-0.2, 0) is 0 Å². The zero-order chi connectivity index (χ0) is 27.6. The lowest BCUT2D eigenvalue weighted by Gasteiger charge is -2.11. The molecule has 0 aliphatic rings. The van der Waals surface area contributed by atoms with Gasteiger partial charge in [0.05, 0.1) is 0 Å². The van der Waals surface area contributed by atoms with Gasteiger partial charge in [-0.1, -0.05) is 121 Å². The molecular formula is C42H22. The first kappa shape index (κ1) is 22.9. The van der Waals surface area contributed by atoms with E-state index in [-0.39, 0.29) is 0 Å². The molecule has 42 heavy (non-hydrogen) atoms. The second-order valence-electron chi connectivity index (χ2n) is 11.0. The van der Waals surface area contributed by atoms with Crippen molar-refractivity contribution in [2.75, 3.05) is 0 Å². The summed E-state index contributed by atoms with van der Waals surface area (Å²) in [5.41, 5.74) is 4.07. The first-order chi connectivity index (χ1) is 20.8. The van der Waals surface area contributed by atoms with E-state index >= 15 is 0 Å². The van der Waals surface area contributed by atoms with E-state index in [4.69, 9.17) is 0 Å². The summed E-state index contributed by atoms with van der Waals surface area (Å²) in [6.45, 7) is 0. The Hall–Kier alpha value is -5.82. The van der Waals surface area contributed by atoms with Gasteiger partial charge in [-0.2, -0.15) is 0 Å². The molecule has 9 rings (SSSR count). The maximum Gasteiger partial charge on any atom is 0.0328 e. The Morgan fingerprint density at radius 3 is 1.00 bits per heavy atom. The molecule has 0 heteroatoms. The Balaban J connectivity index is 1.06. The van der Waals surface area contributed by atoms with Gasteiger partial charge in [0.1, 0.15) is 0 Å². The van der Waals surface area contributed by atoms with E-state index in [9.17, 15) is 0 Å². The Morgan fingerprint density at radius 2 is 0.595 bits per heavy atom. The summed E-state index contributed by atoms with van der Waals surface area (Å²) >= 11 is 0. The smallest absolute Gasteiger partial charge is 0.0328 e. The van der Waals surface area contributed by atoms with Crippen molar-refractivity contribution < 1.29 is 0 Å². The topological polar surface area (TPSA) is 0 Å². The highest BCUT2D eigenvalue weighted by Crippen LogP contribution is 2.37. The van der Waals surface area contributed by atoms with E-state index < -0.39 is 0 Å². The summed E-state index contributed by atoms with van der Waals surface area (Å²) in [6.07, 6.45) is 0. The zero-order valence-electron chi connectivity index (χ0n) is 22.7. The fourth-order valence-corrected chi connectivity index (χ4v) is 6.60. The van der Waals surface area contributed by atoms with E-state index in [1.165, 1.54) is 64.6 Å². The number of rotatable bonds is 0. The number of benzene rings is 9. The largest absolute Gasteiger partial charge is 0.0616 e. The molecule has 0 unspecified atom stereocenters. The van der Waals surface area contributed by atoms with Gasteiger partial charge in [-0.25, -0.2) is 0 Å². The van der Waals surface area contributed by atoms with E-state index in [2.05, 4.69) is 157 Å². The van der Waals surface area contributed by atoms with Gasteiger partial charge in [0.15, 0.2) is 0 Å². The van der Waals surface area contributed by atoms with Gasteiger partial charge in [0.25, 0.3) is 0 Å². The molecule has 0 radical (unpaired) electrons. The fraction of sp³-hybridized carbons (Fsp3) is 0. The quantitative estimate of drug-likeness (QED) is 0.136. The fourth-order valence-electron chi connectivity index (χ4n) is 6.60. The van der Waals surface area contributed by atoms with Crippen LogP contribution in [0.15, 0.2) is 133 Å². The van der Waals surface area contributed by atoms with Crippen LogP contribution in [0.2, 0.25) is 0 Å². The third kappa shape index (κ3) is 3.47. The Morgan fingerprint density at radius 1 is 0.262 bits per heavy atom.